The van der Waals surface area contributed by atoms with Gasteiger partial charge in [-0.15, -0.1) is 0 Å². The molecule has 0 amide bonds. The molecule has 0 bridgehead atoms. The maximum atomic E-state index is 4.55. The fourth-order valence-electron chi connectivity index (χ4n) is 2.52. The van der Waals surface area contributed by atoms with Gasteiger partial charge in [-0.1, -0.05) is 6.07 Å². The Bertz CT molecular complexity index is 366. The number of nitrogens with zero attached hydrogens (tertiary/aromatic N) is 3. The van der Waals surface area contributed by atoms with Crippen LogP contribution in [0, 0.1) is 0 Å². The van der Waals surface area contributed by atoms with Gasteiger partial charge in [-0.05, 0) is 32.5 Å². The van der Waals surface area contributed by atoms with Crippen LogP contribution in [0.5, 0.6) is 0 Å². The molecular weight excluding hydrogens is 236 g/mol. The SMILES string of the molecule is CNCc1ccc(CN2CCN(C(C)C)CC2)nc1. The average molecular weight is 262 g/mol. The summed E-state index contributed by atoms with van der Waals surface area (Å²) >= 11 is 0. The van der Waals surface area contributed by atoms with Gasteiger partial charge < -0.3 is 5.32 Å². The van der Waals surface area contributed by atoms with Gasteiger partial charge in [-0.25, -0.2) is 0 Å². The van der Waals surface area contributed by atoms with Crippen molar-refractivity contribution < 1.29 is 0 Å². The van der Waals surface area contributed by atoms with Crippen molar-refractivity contribution >= 4 is 0 Å². The van der Waals surface area contributed by atoms with E-state index < -0.39 is 0 Å². The third-order valence-corrected chi connectivity index (χ3v) is 3.79. The third kappa shape index (κ3) is 4.27. The molecule has 0 unspecified atom stereocenters. The van der Waals surface area contributed by atoms with E-state index in [2.05, 4.69) is 46.1 Å². The smallest absolute Gasteiger partial charge is 0.0544 e. The summed E-state index contributed by atoms with van der Waals surface area (Å²) in [6.45, 7) is 11.1. The Morgan fingerprint density at radius 2 is 1.95 bits per heavy atom. The van der Waals surface area contributed by atoms with Crippen LogP contribution in [0.3, 0.4) is 0 Å². The Labute approximate surface area is 116 Å². The fraction of sp³-hybridized carbons (Fsp3) is 0.667. The molecule has 106 valence electrons. The lowest BCUT2D eigenvalue weighted by molar-refractivity contribution is 0.103. The summed E-state index contributed by atoms with van der Waals surface area (Å²) in [6, 6.07) is 4.99. The quantitative estimate of drug-likeness (QED) is 0.867. The van der Waals surface area contributed by atoms with Crippen molar-refractivity contribution in [1.82, 2.24) is 20.1 Å². The van der Waals surface area contributed by atoms with E-state index >= 15 is 0 Å². The van der Waals surface area contributed by atoms with Crippen LogP contribution in [0.4, 0.5) is 0 Å². The van der Waals surface area contributed by atoms with Crippen molar-refractivity contribution in [3.05, 3.63) is 29.6 Å². The Balaban J connectivity index is 1.82. The van der Waals surface area contributed by atoms with Gasteiger partial charge in [0, 0.05) is 51.5 Å². The minimum atomic E-state index is 0.668. The summed E-state index contributed by atoms with van der Waals surface area (Å²) in [6.07, 6.45) is 1.98. The summed E-state index contributed by atoms with van der Waals surface area (Å²) in [4.78, 5) is 9.59. The molecule has 0 atom stereocenters. The molecule has 1 aliphatic rings. The maximum absolute atomic E-state index is 4.55. The van der Waals surface area contributed by atoms with Gasteiger partial charge in [-0.2, -0.15) is 0 Å². The molecule has 2 rings (SSSR count). The van der Waals surface area contributed by atoms with Crippen LogP contribution in [-0.4, -0.2) is 54.1 Å². The van der Waals surface area contributed by atoms with Gasteiger partial charge in [0.05, 0.1) is 5.69 Å². The van der Waals surface area contributed by atoms with Gasteiger partial charge in [-0.3, -0.25) is 14.8 Å². The van der Waals surface area contributed by atoms with Crippen LogP contribution in [0.1, 0.15) is 25.1 Å². The van der Waals surface area contributed by atoms with E-state index in [1.807, 2.05) is 13.2 Å². The molecule has 0 aliphatic carbocycles. The molecule has 1 fully saturated rings. The Kier molecular flexibility index (Phi) is 5.31. The molecule has 1 aliphatic heterocycles. The Morgan fingerprint density at radius 1 is 1.21 bits per heavy atom. The van der Waals surface area contributed by atoms with E-state index in [0.717, 1.165) is 26.2 Å². The Hall–Kier alpha value is -0.970. The number of rotatable bonds is 5. The lowest BCUT2D eigenvalue weighted by Gasteiger charge is -2.36. The number of aromatic nitrogens is 1. The zero-order chi connectivity index (χ0) is 13.7. The highest BCUT2D eigenvalue weighted by molar-refractivity contribution is 5.14. The van der Waals surface area contributed by atoms with Crippen LogP contribution in [0.15, 0.2) is 18.3 Å². The summed E-state index contributed by atoms with van der Waals surface area (Å²) in [5.41, 5.74) is 2.42. The second-order valence-electron chi connectivity index (χ2n) is 5.59. The van der Waals surface area contributed by atoms with E-state index in [1.165, 1.54) is 24.3 Å². The van der Waals surface area contributed by atoms with E-state index in [-0.39, 0.29) is 0 Å². The molecule has 19 heavy (non-hydrogen) atoms. The predicted octanol–water partition coefficient (Wildman–Crippen LogP) is 1.33. The highest BCUT2D eigenvalue weighted by Crippen LogP contribution is 2.09. The predicted molar refractivity (Wildman–Crippen MR) is 79.0 cm³/mol. The fourth-order valence-corrected chi connectivity index (χ4v) is 2.52. The third-order valence-electron chi connectivity index (χ3n) is 3.79. The van der Waals surface area contributed by atoms with Gasteiger partial charge in [0.1, 0.15) is 0 Å². The molecule has 1 aromatic heterocycles. The van der Waals surface area contributed by atoms with Crippen molar-refractivity contribution in [3.8, 4) is 0 Å². The van der Waals surface area contributed by atoms with Gasteiger partial charge in [0.2, 0.25) is 0 Å². The highest BCUT2D eigenvalue weighted by atomic mass is 15.3. The largest absolute Gasteiger partial charge is 0.316 e. The highest BCUT2D eigenvalue weighted by Gasteiger charge is 2.18. The normalized spacial score (nSPS) is 18.1. The number of hydrogen-bond donors (Lipinski definition) is 1. The van der Waals surface area contributed by atoms with Crippen molar-refractivity contribution in [3.63, 3.8) is 0 Å². The molecular formula is C15H26N4. The monoisotopic (exact) mass is 262 g/mol. The summed E-state index contributed by atoms with van der Waals surface area (Å²) in [7, 11) is 1.96. The number of hydrogen-bond acceptors (Lipinski definition) is 4. The second kappa shape index (κ2) is 6.98. The second-order valence-corrected chi connectivity index (χ2v) is 5.59. The molecule has 0 radical (unpaired) electrons. The summed E-state index contributed by atoms with van der Waals surface area (Å²) in [5.74, 6) is 0. The molecule has 2 heterocycles. The summed E-state index contributed by atoms with van der Waals surface area (Å²) in [5, 5.41) is 3.14. The number of pyridine rings is 1. The number of nitrogens with one attached hydrogen (secondary N) is 1. The van der Waals surface area contributed by atoms with Crippen molar-refractivity contribution in [2.24, 2.45) is 0 Å². The van der Waals surface area contributed by atoms with Crippen molar-refractivity contribution in [2.75, 3.05) is 33.2 Å². The Morgan fingerprint density at radius 3 is 2.47 bits per heavy atom. The lowest BCUT2D eigenvalue weighted by atomic mass is 10.2. The standard InChI is InChI=1S/C15H26N4/c1-13(2)19-8-6-18(7-9-19)12-15-5-4-14(10-16-3)11-17-15/h4-5,11,13,16H,6-10,12H2,1-3H3. The molecule has 0 spiro atoms. The van der Waals surface area contributed by atoms with Crippen LogP contribution in [0.2, 0.25) is 0 Å². The maximum Gasteiger partial charge on any atom is 0.0544 e. The van der Waals surface area contributed by atoms with E-state index in [1.54, 1.807) is 0 Å². The van der Waals surface area contributed by atoms with Crippen LogP contribution >= 0.6 is 0 Å². The van der Waals surface area contributed by atoms with Crippen molar-refractivity contribution in [2.45, 2.75) is 33.0 Å². The molecule has 4 heteroatoms. The van der Waals surface area contributed by atoms with Gasteiger partial charge in [0.25, 0.3) is 0 Å². The summed E-state index contributed by atoms with van der Waals surface area (Å²) < 4.78 is 0. The van der Waals surface area contributed by atoms with Crippen LogP contribution in [-0.2, 0) is 13.1 Å². The zero-order valence-electron chi connectivity index (χ0n) is 12.4. The van der Waals surface area contributed by atoms with Crippen LogP contribution < -0.4 is 5.32 Å². The number of piperazine rings is 1. The first kappa shape index (κ1) is 14.4. The molecule has 0 aromatic carbocycles. The molecule has 4 nitrogen and oxygen atoms in total. The van der Waals surface area contributed by atoms with Crippen LogP contribution in [0.25, 0.3) is 0 Å². The average Bonchev–Trinajstić information content (AvgIpc) is 2.42. The molecule has 1 saturated heterocycles. The van der Waals surface area contributed by atoms with Gasteiger partial charge in [0.15, 0.2) is 0 Å². The first-order chi connectivity index (χ1) is 9.19. The molecule has 1 N–H and O–H groups in total. The minimum Gasteiger partial charge on any atom is -0.316 e. The topological polar surface area (TPSA) is 31.4 Å². The van der Waals surface area contributed by atoms with E-state index in [0.29, 0.717) is 6.04 Å². The molecule has 0 saturated carbocycles. The zero-order valence-corrected chi connectivity index (χ0v) is 12.4. The lowest BCUT2D eigenvalue weighted by Crippen LogP contribution is -2.48. The molecule has 1 aromatic rings. The minimum absolute atomic E-state index is 0.668. The van der Waals surface area contributed by atoms with E-state index in [9.17, 15) is 0 Å². The van der Waals surface area contributed by atoms with E-state index in [4.69, 9.17) is 0 Å². The first-order valence-electron chi connectivity index (χ1n) is 7.24. The van der Waals surface area contributed by atoms with Crippen molar-refractivity contribution in [1.29, 1.82) is 0 Å². The first-order valence-corrected chi connectivity index (χ1v) is 7.24. The van der Waals surface area contributed by atoms with Gasteiger partial charge >= 0.3 is 0 Å².